The minimum Gasteiger partial charge on any atom is -0.369 e. The average Bonchev–Trinajstić information content (AvgIpc) is 2.94. The van der Waals surface area contributed by atoms with E-state index in [2.05, 4.69) is 34.4 Å². The van der Waals surface area contributed by atoms with Gasteiger partial charge in [-0.25, -0.2) is 4.99 Å². The number of guanidine groups is 2. The highest BCUT2D eigenvalue weighted by Gasteiger charge is 2.42. The van der Waals surface area contributed by atoms with Gasteiger partial charge in [-0.1, -0.05) is 23.7 Å². The molecule has 2 aliphatic rings. The summed E-state index contributed by atoms with van der Waals surface area (Å²) in [5.41, 5.74) is 15.7. The number of benzene rings is 1. The Kier molecular flexibility index (Phi) is 3.94. The van der Waals surface area contributed by atoms with Gasteiger partial charge in [0.25, 0.3) is 0 Å². The monoisotopic (exact) mass is 352 g/mol. The first-order chi connectivity index (χ1) is 12.5. The van der Waals surface area contributed by atoms with E-state index in [0.29, 0.717) is 5.96 Å². The van der Waals surface area contributed by atoms with Crippen molar-refractivity contribution in [1.29, 1.82) is 0 Å². The molecule has 4 rings (SSSR count). The molecular formula is C19H24N6O. The molecule has 1 fully saturated rings. The zero-order valence-electron chi connectivity index (χ0n) is 15.2. The van der Waals surface area contributed by atoms with Crippen molar-refractivity contribution < 1.29 is 4.52 Å². The van der Waals surface area contributed by atoms with Gasteiger partial charge >= 0.3 is 0 Å². The predicted octanol–water partition coefficient (Wildman–Crippen LogP) is 3.07. The largest absolute Gasteiger partial charge is 0.369 e. The van der Waals surface area contributed by atoms with Crippen LogP contribution in [0, 0.1) is 13.8 Å². The Morgan fingerprint density at radius 1 is 1.04 bits per heavy atom. The highest BCUT2D eigenvalue weighted by Crippen LogP contribution is 2.40. The summed E-state index contributed by atoms with van der Waals surface area (Å²) in [4.78, 5) is 11.0. The maximum atomic E-state index is 6.28. The van der Waals surface area contributed by atoms with Gasteiger partial charge in [0, 0.05) is 11.3 Å². The molecule has 0 amide bonds. The maximum absolute atomic E-state index is 6.28. The number of anilines is 1. The lowest BCUT2D eigenvalue weighted by Crippen LogP contribution is -2.58. The van der Waals surface area contributed by atoms with E-state index in [1.54, 1.807) is 0 Å². The summed E-state index contributed by atoms with van der Waals surface area (Å²) in [6, 6.07) is 8.23. The molecule has 4 N–H and O–H groups in total. The van der Waals surface area contributed by atoms with Crippen LogP contribution in [0.15, 0.2) is 38.8 Å². The molecule has 1 aliphatic heterocycles. The van der Waals surface area contributed by atoms with Crippen molar-refractivity contribution in [3.63, 3.8) is 0 Å². The van der Waals surface area contributed by atoms with Gasteiger partial charge in [-0.3, -0.25) is 4.90 Å². The second-order valence-electron chi connectivity index (χ2n) is 7.06. The van der Waals surface area contributed by atoms with Crippen LogP contribution in [-0.2, 0) is 0 Å². The Bertz CT molecular complexity index is 854. The lowest BCUT2D eigenvalue weighted by molar-refractivity contribution is 0.305. The van der Waals surface area contributed by atoms with E-state index in [-0.39, 0.29) is 5.96 Å². The molecule has 26 heavy (non-hydrogen) atoms. The van der Waals surface area contributed by atoms with E-state index in [9.17, 15) is 0 Å². The fraction of sp³-hybridized carbons (Fsp3) is 0.421. The van der Waals surface area contributed by atoms with Gasteiger partial charge < -0.3 is 16.0 Å². The summed E-state index contributed by atoms with van der Waals surface area (Å²) in [6.07, 6.45) is 5.29. The number of hydrogen-bond acceptors (Lipinski definition) is 7. The van der Waals surface area contributed by atoms with Crippen LogP contribution in [0.5, 0.6) is 0 Å². The second-order valence-corrected chi connectivity index (χ2v) is 7.06. The molecule has 2 heterocycles. The molecule has 0 saturated heterocycles. The van der Waals surface area contributed by atoms with Gasteiger partial charge in [-0.05, 0) is 57.2 Å². The first-order valence-corrected chi connectivity index (χ1v) is 9.03. The average molecular weight is 352 g/mol. The van der Waals surface area contributed by atoms with Crippen LogP contribution in [-0.4, -0.2) is 22.7 Å². The van der Waals surface area contributed by atoms with Crippen LogP contribution in [0.4, 0.5) is 5.69 Å². The standard InChI is InChI=1S/C19H24N6O/c1-12-16(13(2)26-24-12)14-6-8-15(9-7-14)25-18(21)22-17(20)23-19(25)10-4-3-5-11-19/h6-9H,3-5,10-11H2,1-2H3,(H4,20,21,22,23). The summed E-state index contributed by atoms with van der Waals surface area (Å²) in [6.45, 7) is 3.87. The molecule has 7 heteroatoms. The van der Waals surface area contributed by atoms with Crippen LogP contribution in [0.3, 0.4) is 0 Å². The van der Waals surface area contributed by atoms with E-state index >= 15 is 0 Å². The van der Waals surface area contributed by atoms with Crippen LogP contribution >= 0.6 is 0 Å². The minimum atomic E-state index is -0.418. The minimum absolute atomic E-state index is 0.271. The van der Waals surface area contributed by atoms with Crippen molar-refractivity contribution in [3.05, 3.63) is 35.7 Å². The first kappa shape index (κ1) is 16.6. The molecule has 7 nitrogen and oxygen atoms in total. The molecular weight excluding hydrogens is 328 g/mol. The second kappa shape index (κ2) is 6.16. The summed E-state index contributed by atoms with van der Waals surface area (Å²) in [5, 5.41) is 4.04. The highest BCUT2D eigenvalue weighted by atomic mass is 16.5. The van der Waals surface area contributed by atoms with Crippen LogP contribution < -0.4 is 16.4 Å². The number of hydrogen-bond donors (Lipinski definition) is 2. The number of aryl methyl sites for hydroxylation is 2. The summed E-state index contributed by atoms with van der Waals surface area (Å²) in [5.74, 6) is 1.49. The van der Waals surface area contributed by atoms with E-state index in [4.69, 9.17) is 21.0 Å². The zero-order chi connectivity index (χ0) is 18.3. The number of nitrogens with zero attached hydrogens (tertiary/aromatic N) is 4. The van der Waals surface area contributed by atoms with E-state index in [1.165, 1.54) is 6.42 Å². The molecule has 136 valence electrons. The topological polar surface area (TPSA) is 106 Å². The van der Waals surface area contributed by atoms with Gasteiger partial charge in [0.1, 0.15) is 11.4 Å². The molecule has 0 unspecified atom stereocenters. The molecule has 1 saturated carbocycles. The molecule has 1 spiro atoms. The fourth-order valence-corrected chi connectivity index (χ4v) is 4.17. The molecule has 0 atom stereocenters. The SMILES string of the molecule is Cc1noc(C)c1-c1ccc(N2C(N)=NC(N)=NC23CCCCC3)cc1. The van der Waals surface area contributed by atoms with Crippen LogP contribution in [0.2, 0.25) is 0 Å². The van der Waals surface area contributed by atoms with Crippen molar-refractivity contribution in [2.75, 3.05) is 4.90 Å². The lowest BCUT2D eigenvalue weighted by Gasteiger charge is -2.45. The quantitative estimate of drug-likeness (QED) is 0.864. The number of nitrogens with two attached hydrogens (primary N) is 2. The Labute approximate surface area is 152 Å². The van der Waals surface area contributed by atoms with Gasteiger partial charge in [-0.2, -0.15) is 4.99 Å². The predicted molar refractivity (Wildman–Crippen MR) is 103 cm³/mol. The van der Waals surface area contributed by atoms with E-state index < -0.39 is 5.66 Å². The Morgan fingerprint density at radius 2 is 1.73 bits per heavy atom. The van der Waals surface area contributed by atoms with Crippen molar-refractivity contribution in [1.82, 2.24) is 5.16 Å². The maximum Gasteiger partial charge on any atom is 0.220 e. The van der Waals surface area contributed by atoms with Crippen molar-refractivity contribution in [2.45, 2.75) is 51.6 Å². The number of aliphatic imine (C=N–C) groups is 2. The first-order valence-electron chi connectivity index (χ1n) is 9.03. The van der Waals surface area contributed by atoms with E-state index in [0.717, 1.165) is 54.0 Å². The highest BCUT2D eigenvalue weighted by molar-refractivity contribution is 6.05. The zero-order valence-corrected chi connectivity index (χ0v) is 15.2. The number of aromatic nitrogens is 1. The van der Waals surface area contributed by atoms with Gasteiger partial charge in [0.2, 0.25) is 11.9 Å². The van der Waals surface area contributed by atoms with Crippen molar-refractivity contribution >= 4 is 17.6 Å². The van der Waals surface area contributed by atoms with Crippen molar-refractivity contribution in [3.8, 4) is 11.1 Å². The molecule has 1 aliphatic carbocycles. The molecule has 1 aromatic heterocycles. The summed E-state index contributed by atoms with van der Waals surface area (Å²) in [7, 11) is 0. The van der Waals surface area contributed by atoms with E-state index in [1.807, 2.05) is 18.7 Å². The van der Waals surface area contributed by atoms with Crippen LogP contribution in [0.1, 0.15) is 43.6 Å². The Balaban J connectivity index is 1.73. The lowest BCUT2D eigenvalue weighted by atomic mass is 9.87. The molecule has 1 aromatic carbocycles. The normalized spacial score (nSPS) is 19.4. The smallest absolute Gasteiger partial charge is 0.220 e. The van der Waals surface area contributed by atoms with Crippen LogP contribution in [0.25, 0.3) is 11.1 Å². The number of rotatable bonds is 2. The molecule has 0 radical (unpaired) electrons. The Hall–Kier alpha value is -2.83. The van der Waals surface area contributed by atoms with Gasteiger partial charge in [0.15, 0.2) is 0 Å². The summed E-state index contributed by atoms with van der Waals surface area (Å²) >= 11 is 0. The van der Waals surface area contributed by atoms with Crippen molar-refractivity contribution in [2.24, 2.45) is 21.5 Å². The van der Waals surface area contributed by atoms with Gasteiger partial charge in [0.05, 0.1) is 5.69 Å². The third-order valence-corrected chi connectivity index (χ3v) is 5.30. The third kappa shape index (κ3) is 2.64. The third-order valence-electron chi connectivity index (χ3n) is 5.30. The fourth-order valence-electron chi connectivity index (χ4n) is 4.17. The molecule has 0 bridgehead atoms. The van der Waals surface area contributed by atoms with Gasteiger partial charge in [-0.15, -0.1) is 0 Å². The molecule has 2 aromatic rings. The summed E-state index contributed by atoms with van der Waals surface area (Å²) < 4.78 is 5.28. The Morgan fingerprint density at radius 3 is 2.35 bits per heavy atom.